The molecule has 0 bridgehead atoms. The van der Waals surface area contributed by atoms with Gasteiger partial charge in [0.15, 0.2) is 0 Å². The van der Waals surface area contributed by atoms with Gasteiger partial charge in [-0.1, -0.05) is 6.92 Å². The lowest BCUT2D eigenvalue weighted by Crippen LogP contribution is -2.33. The standard InChI is InChI=1S/C9H17N3O/c1-8(4-6-11)9(13)12(2)7-3-5-10/h8H,3-4,6-7,11H2,1-2H3. The first-order valence-corrected chi connectivity index (χ1v) is 4.45. The molecule has 0 aliphatic heterocycles. The van der Waals surface area contributed by atoms with Crippen LogP contribution in [-0.2, 0) is 4.79 Å². The zero-order chi connectivity index (χ0) is 10.3. The second-order valence-corrected chi connectivity index (χ2v) is 3.15. The van der Waals surface area contributed by atoms with Gasteiger partial charge in [-0.2, -0.15) is 5.26 Å². The van der Waals surface area contributed by atoms with Gasteiger partial charge in [0.2, 0.25) is 5.91 Å². The molecular formula is C9H17N3O. The van der Waals surface area contributed by atoms with E-state index >= 15 is 0 Å². The molecule has 0 spiro atoms. The minimum atomic E-state index is -0.0336. The van der Waals surface area contributed by atoms with Gasteiger partial charge < -0.3 is 10.6 Å². The van der Waals surface area contributed by atoms with Crippen molar-refractivity contribution in [2.24, 2.45) is 11.7 Å². The van der Waals surface area contributed by atoms with Crippen LogP contribution in [0.15, 0.2) is 0 Å². The van der Waals surface area contributed by atoms with Gasteiger partial charge in [-0.15, -0.1) is 0 Å². The molecule has 4 heteroatoms. The fourth-order valence-electron chi connectivity index (χ4n) is 1.08. The van der Waals surface area contributed by atoms with Crippen molar-refractivity contribution >= 4 is 5.91 Å². The molecule has 0 rings (SSSR count). The lowest BCUT2D eigenvalue weighted by atomic mass is 10.1. The van der Waals surface area contributed by atoms with Crippen LogP contribution in [0, 0.1) is 17.2 Å². The Kier molecular flexibility index (Phi) is 5.90. The van der Waals surface area contributed by atoms with E-state index in [-0.39, 0.29) is 11.8 Å². The van der Waals surface area contributed by atoms with Gasteiger partial charge >= 0.3 is 0 Å². The molecule has 74 valence electrons. The minimum absolute atomic E-state index is 0.0336. The summed E-state index contributed by atoms with van der Waals surface area (Å²) in [5.41, 5.74) is 5.34. The molecule has 0 saturated heterocycles. The summed E-state index contributed by atoms with van der Waals surface area (Å²) in [5, 5.41) is 8.33. The maximum Gasteiger partial charge on any atom is 0.225 e. The number of hydrogen-bond acceptors (Lipinski definition) is 3. The summed E-state index contributed by atoms with van der Waals surface area (Å²) in [5.74, 6) is 0.0365. The highest BCUT2D eigenvalue weighted by atomic mass is 16.2. The third-order valence-electron chi connectivity index (χ3n) is 1.96. The van der Waals surface area contributed by atoms with Crippen molar-refractivity contribution in [3.05, 3.63) is 0 Å². The van der Waals surface area contributed by atoms with Gasteiger partial charge in [-0.3, -0.25) is 4.79 Å². The van der Waals surface area contributed by atoms with Crippen molar-refractivity contribution < 1.29 is 4.79 Å². The molecule has 1 amide bonds. The van der Waals surface area contributed by atoms with Crippen molar-refractivity contribution in [1.29, 1.82) is 5.26 Å². The first-order valence-electron chi connectivity index (χ1n) is 4.45. The van der Waals surface area contributed by atoms with Crippen LogP contribution in [0.4, 0.5) is 0 Å². The van der Waals surface area contributed by atoms with Gasteiger partial charge in [-0.25, -0.2) is 0 Å². The number of nitrogens with zero attached hydrogens (tertiary/aromatic N) is 2. The summed E-state index contributed by atoms with van der Waals surface area (Å²) >= 11 is 0. The molecular weight excluding hydrogens is 166 g/mol. The molecule has 0 saturated carbocycles. The van der Waals surface area contributed by atoms with E-state index in [0.29, 0.717) is 25.9 Å². The van der Waals surface area contributed by atoms with Gasteiger partial charge in [0.1, 0.15) is 0 Å². The number of nitrogens with two attached hydrogens (primary N) is 1. The molecule has 1 unspecified atom stereocenters. The third kappa shape index (κ3) is 4.48. The van der Waals surface area contributed by atoms with Gasteiger partial charge in [-0.05, 0) is 13.0 Å². The quantitative estimate of drug-likeness (QED) is 0.668. The average Bonchev–Trinajstić information content (AvgIpc) is 2.13. The predicted octanol–water partition coefficient (Wildman–Crippen LogP) is 0.343. The monoisotopic (exact) mass is 183 g/mol. The van der Waals surface area contributed by atoms with Crippen molar-refractivity contribution in [3.8, 4) is 6.07 Å². The zero-order valence-corrected chi connectivity index (χ0v) is 8.29. The molecule has 0 heterocycles. The normalized spacial score (nSPS) is 11.8. The molecule has 2 N–H and O–H groups in total. The molecule has 1 atom stereocenters. The third-order valence-corrected chi connectivity index (χ3v) is 1.96. The van der Waals surface area contributed by atoms with Crippen molar-refractivity contribution in [2.45, 2.75) is 19.8 Å². The van der Waals surface area contributed by atoms with Crippen molar-refractivity contribution in [1.82, 2.24) is 4.90 Å². The molecule has 0 aromatic heterocycles. The number of carbonyl (C=O) groups is 1. The van der Waals surface area contributed by atoms with Crippen LogP contribution in [0.3, 0.4) is 0 Å². The Labute approximate surface area is 79.3 Å². The highest BCUT2D eigenvalue weighted by Crippen LogP contribution is 2.04. The van der Waals surface area contributed by atoms with Crippen LogP contribution in [0.5, 0.6) is 0 Å². The van der Waals surface area contributed by atoms with Crippen LogP contribution >= 0.6 is 0 Å². The van der Waals surface area contributed by atoms with Crippen LogP contribution in [0.2, 0.25) is 0 Å². The van der Waals surface area contributed by atoms with Crippen LogP contribution in [-0.4, -0.2) is 30.9 Å². The SMILES string of the molecule is CC(CCN)C(=O)N(C)CCC#N. The molecule has 0 aliphatic rings. The second kappa shape index (κ2) is 6.44. The summed E-state index contributed by atoms with van der Waals surface area (Å²) in [4.78, 5) is 13.1. The smallest absolute Gasteiger partial charge is 0.225 e. The summed E-state index contributed by atoms with van der Waals surface area (Å²) in [6.07, 6.45) is 1.09. The lowest BCUT2D eigenvalue weighted by molar-refractivity contribution is -0.133. The van der Waals surface area contributed by atoms with Crippen LogP contribution in [0.1, 0.15) is 19.8 Å². The second-order valence-electron chi connectivity index (χ2n) is 3.15. The Morgan fingerprint density at radius 1 is 1.69 bits per heavy atom. The number of nitriles is 1. The number of hydrogen-bond donors (Lipinski definition) is 1. The number of amides is 1. The first kappa shape index (κ1) is 11.9. The Morgan fingerprint density at radius 2 is 2.31 bits per heavy atom. The summed E-state index contributed by atoms with van der Waals surface area (Å²) < 4.78 is 0. The van der Waals surface area contributed by atoms with E-state index in [9.17, 15) is 4.79 Å². The first-order chi connectivity index (χ1) is 6.13. The Hall–Kier alpha value is -1.08. The number of rotatable bonds is 5. The largest absolute Gasteiger partial charge is 0.344 e. The summed E-state index contributed by atoms with van der Waals surface area (Å²) in [6.45, 7) is 2.89. The molecule has 13 heavy (non-hydrogen) atoms. The van der Waals surface area contributed by atoms with E-state index in [1.54, 1.807) is 11.9 Å². The molecule has 0 aromatic rings. The highest BCUT2D eigenvalue weighted by molar-refractivity contribution is 5.78. The molecule has 0 aromatic carbocycles. The van der Waals surface area contributed by atoms with Crippen molar-refractivity contribution in [3.63, 3.8) is 0 Å². The van der Waals surface area contributed by atoms with Gasteiger partial charge in [0.05, 0.1) is 12.5 Å². The topological polar surface area (TPSA) is 70.1 Å². The van der Waals surface area contributed by atoms with Gasteiger partial charge in [0.25, 0.3) is 0 Å². The van der Waals surface area contributed by atoms with E-state index in [1.165, 1.54) is 0 Å². The fourth-order valence-corrected chi connectivity index (χ4v) is 1.08. The number of carbonyl (C=O) groups excluding carboxylic acids is 1. The zero-order valence-electron chi connectivity index (χ0n) is 8.29. The molecule has 0 aliphatic carbocycles. The maximum absolute atomic E-state index is 11.5. The molecule has 0 radical (unpaired) electrons. The van der Waals surface area contributed by atoms with E-state index in [1.807, 2.05) is 13.0 Å². The summed E-state index contributed by atoms with van der Waals surface area (Å²) in [7, 11) is 1.71. The van der Waals surface area contributed by atoms with E-state index in [0.717, 1.165) is 0 Å². The Morgan fingerprint density at radius 3 is 2.77 bits per heavy atom. The molecule has 0 fully saturated rings. The maximum atomic E-state index is 11.5. The van der Waals surface area contributed by atoms with Crippen molar-refractivity contribution in [2.75, 3.05) is 20.1 Å². The Bertz CT molecular complexity index is 198. The van der Waals surface area contributed by atoms with E-state index in [2.05, 4.69) is 0 Å². The van der Waals surface area contributed by atoms with Crippen LogP contribution < -0.4 is 5.73 Å². The fraction of sp³-hybridized carbons (Fsp3) is 0.778. The van der Waals surface area contributed by atoms with E-state index in [4.69, 9.17) is 11.0 Å². The lowest BCUT2D eigenvalue weighted by Gasteiger charge is -2.19. The molecule has 4 nitrogen and oxygen atoms in total. The highest BCUT2D eigenvalue weighted by Gasteiger charge is 2.15. The van der Waals surface area contributed by atoms with Gasteiger partial charge in [0, 0.05) is 19.5 Å². The predicted molar refractivity (Wildman–Crippen MR) is 50.7 cm³/mol. The van der Waals surface area contributed by atoms with E-state index < -0.39 is 0 Å². The Balaban J connectivity index is 3.88. The minimum Gasteiger partial charge on any atom is -0.344 e. The summed E-state index contributed by atoms with van der Waals surface area (Å²) in [6, 6.07) is 2.01. The van der Waals surface area contributed by atoms with Crippen LogP contribution in [0.25, 0.3) is 0 Å². The average molecular weight is 183 g/mol.